The van der Waals surface area contributed by atoms with Gasteiger partial charge in [0.1, 0.15) is 5.75 Å². The van der Waals surface area contributed by atoms with Gasteiger partial charge in [-0.15, -0.1) is 0 Å². The summed E-state index contributed by atoms with van der Waals surface area (Å²) in [5, 5.41) is 5.28. The van der Waals surface area contributed by atoms with Crippen molar-refractivity contribution >= 4 is 16.8 Å². The summed E-state index contributed by atoms with van der Waals surface area (Å²) >= 11 is 0. The molecule has 33 heavy (non-hydrogen) atoms. The van der Waals surface area contributed by atoms with E-state index in [1.807, 2.05) is 48.3 Å². The lowest BCUT2D eigenvalue weighted by molar-refractivity contribution is -0.140. The summed E-state index contributed by atoms with van der Waals surface area (Å²) in [7, 11) is 3.65. The maximum Gasteiger partial charge on any atom is 0.257 e. The first-order chi connectivity index (χ1) is 16.1. The van der Waals surface area contributed by atoms with Gasteiger partial charge in [-0.05, 0) is 42.3 Å². The van der Waals surface area contributed by atoms with Crippen LogP contribution in [0, 0.1) is 0 Å². The molecule has 2 aromatic carbocycles. The number of carbonyl (C=O) groups is 1. The number of nitrogens with zero attached hydrogens (tertiary/aromatic N) is 4. The molecule has 0 aliphatic carbocycles. The molecule has 170 valence electrons. The fourth-order valence-corrected chi connectivity index (χ4v) is 4.27. The molecule has 0 saturated carbocycles. The summed E-state index contributed by atoms with van der Waals surface area (Å²) in [5.74, 6) is 1.73. The highest BCUT2D eigenvalue weighted by Crippen LogP contribution is 2.26. The maximum absolute atomic E-state index is 13.0. The zero-order valence-electron chi connectivity index (χ0n) is 18.7. The van der Waals surface area contributed by atoms with Crippen molar-refractivity contribution in [3.05, 3.63) is 66.2 Å². The average Bonchev–Trinajstić information content (AvgIpc) is 3.48. The topological polar surface area (TPSA) is 82.6 Å². The van der Waals surface area contributed by atoms with Gasteiger partial charge in [0.05, 0.1) is 20.3 Å². The van der Waals surface area contributed by atoms with Crippen LogP contribution in [0.2, 0.25) is 0 Å². The highest BCUT2D eigenvalue weighted by Gasteiger charge is 2.29. The number of hydrogen-bond acceptors (Lipinski definition) is 6. The van der Waals surface area contributed by atoms with E-state index in [-0.39, 0.29) is 5.91 Å². The van der Waals surface area contributed by atoms with Gasteiger partial charge in [-0.1, -0.05) is 23.4 Å². The van der Waals surface area contributed by atoms with Crippen LogP contribution in [0.1, 0.15) is 24.0 Å². The van der Waals surface area contributed by atoms with Crippen LogP contribution in [0.3, 0.4) is 0 Å². The second-order valence-electron chi connectivity index (χ2n) is 8.17. The molecule has 8 nitrogen and oxygen atoms in total. The van der Waals surface area contributed by atoms with Crippen molar-refractivity contribution in [3.63, 3.8) is 0 Å². The predicted molar refractivity (Wildman–Crippen MR) is 123 cm³/mol. The summed E-state index contributed by atoms with van der Waals surface area (Å²) in [6.45, 7) is 1.40. The van der Waals surface area contributed by atoms with Gasteiger partial charge in [-0.25, -0.2) is 0 Å². The van der Waals surface area contributed by atoms with Gasteiger partial charge in [0.25, 0.3) is 5.89 Å². The molecule has 0 spiro atoms. The van der Waals surface area contributed by atoms with Crippen molar-refractivity contribution in [1.82, 2.24) is 19.6 Å². The lowest BCUT2D eigenvalue weighted by Gasteiger charge is -2.31. The molecule has 1 fully saturated rings. The summed E-state index contributed by atoms with van der Waals surface area (Å²) in [5.41, 5.74) is 3.19. The first kappa shape index (κ1) is 21.2. The van der Waals surface area contributed by atoms with Crippen LogP contribution in [0.5, 0.6) is 5.75 Å². The largest absolute Gasteiger partial charge is 0.497 e. The van der Waals surface area contributed by atoms with E-state index in [0.29, 0.717) is 44.3 Å². The van der Waals surface area contributed by atoms with E-state index in [1.54, 1.807) is 7.11 Å². The number of hydrogen-bond donors (Lipinski definition) is 0. The van der Waals surface area contributed by atoms with E-state index >= 15 is 0 Å². The number of amides is 1. The number of benzene rings is 2. The molecule has 0 N–H and O–H groups in total. The number of morpholine rings is 1. The van der Waals surface area contributed by atoms with Gasteiger partial charge in [-0.3, -0.25) is 4.79 Å². The van der Waals surface area contributed by atoms with E-state index < -0.39 is 6.10 Å². The minimum absolute atomic E-state index is 0.103. The Morgan fingerprint density at radius 1 is 1.18 bits per heavy atom. The van der Waals surface area contributed by atoms with E-state index in [2.05, 4.69) is 33.0 Å². The number of carbonyl (C=O) groups excluding carboxylic acids is 1. The molecular weight excluding hydrogens is 420 g/mol. The summed E-state index contributed by atoms with van der Waals surface area (Å²) in [6, 6.07) is 15.7. The van der Waals surface area contributed by atoms with Gasteiger partial charge < -0.3 is 23.5 Å². The molecule has 0 unspecified atom stereocenters. The second kappa shape index (κ2) is 9.07. The number of fused-ring (bicyclic) bond motifs is 1. The lowest BCUT2D eigenvalue weighted by atomic mass is 10.1. The molecule has 1 saturated heterocycles. The van der Waals surface area contributed by atoms with Crippen molar-refractivity contribution in [3.8, 4) is 17.1 Å². The summed E-state index contributed by atoms with van der Waals surface area (Å²) in [6.07, 6.45) is 2.82. The van der Waals surface area contributed by atoms with Gasteiger partial charge in [0.2, 0.25) is 11.7 Å². The molecule has 4 aromatic rings. The third-order valence-corrected chi connectivity index (χ3v) is 6.07. The highest BCUT2D eigenvalue weighted by atomic mass is 16.5. The fraction of sp³-hybridized carbons (Fsp3) is 0.320. The van der Waals surface area contributed by atoms with Crippen LogP contribution in [0.15, 0.2) is 59.3 Å². The standard InChI is InChI=1S/C25H26N4O4/c1-28-15-18(20-5-3-4-6-21(20)28)9-12-23(30)29-13-14-32-22(16-29)25-26-24(27-33-25)17-7-10-19(31-2)11-8-17/h3-8,10-11,15,22H,9,12-14,16H2,1-2H3/t22-/m0/s1. The second-order valence-corrected chi connectivity index (χ2v) is 8.17. The molecule has 0 radical (unpaired) electrons. The minimum atomic E-state index is -0.431. The number of rotatable bonds is 6. The predicted octanol–water partition coefficient (Wildman–Crippen LogP) is 3.77. The molecule has 2 aromatic heterocycles. The van der Waals surface area contributed by atoms with Gasteiger partial charge in [0.15, 0.2) is 6.10 Å². The molecule has 5 rings (SSSR count). The Kier molecular flexibility index (Phi) is 5.83. The number of para-hydroxylation sites is 1. The molecular formula is C25H26N4O4. The van der Waals surface area contributed by atoms with Crippen LogP contribution >= 0.6 is 0 Å². The van der Waals surface area contributed by atoms with Crippen LogP contribution in [0.4, 0.5) is 0 Å². The van der Waals surface area contributed by atoms with Gasteiger partial charge in [0, 0.05) is 42.7 Å². The van der Waals surface area contributed by atoms with Crippen LogP contribution in [0.25, 0.3) is 22.3 Å². The first-order valence-corrected chi connectivity index (χ1v) is 11.0. The molecule has 1 amide bonds. The monoisotopic (exact) mass is 446 g/mol. The van der Waals surface area contributed by atoms with Crippen molar-refractivity contribution < 1.29 is 18.8 Å². The average molecular weight is 447 g/mol. The highest BCUT2D eigenvalue weighted by molar-refractivity contribution is 5.85. The normalized spacial score (nSPS) is 16.3. The molecule has 0 bridgehead atoms. The smallest absolute Gasteiger partial charge is 0.257 e. The van der Waals surface area contributed by atoms with E-state index in [1.165, 1.54) is 16.5 Å². The maximum atomic E-state index is 13.0. The van der Waals surface area contributed by atoms with Gasteiger partial charge >= 0.3 is 0 Å². The van der Waals surface area contributed by atoms with Crippen molar-refractivity contribution in [2.24, 2.45) is 7.05 Å². The molecule has 1 atom stereocenters. The molecule has 1 aliphatic rings. The Balaban J connectivity index is 1.23. The van der Waals surface area contributed by atoms with Crippen LogP contribution in [-0.2, 0) is 23.0 Å². The number of aromatic nitrogens is 3. The molecule has 8 heteroatoms. The Morgan fingerprint density at radius 2 is 2.00 bits per heavy atom. The van der Waals surface area contributed by atoms with Crippen molar-refractivity contribution in [1.29, 1.82) is 0 Å². The minimum Gasteiger partial charge on any atom is -0.497 e. The number of methoxy groups -OCH3 is 1. The Bertz CT molecular complexity index is 1260. The quantitative estimate of drug-likeness (QED) is 0.448. The van der Waals surface area contributed by atoms with Crippen LogP contribution < -0.4 is 4.74 Å². The Morgan fingerprint density at radius 3 is 2.82 bits per heavy atom. The van der Waals surface area contributed by atoms with E-state index in [0.717, 1.165) is 11.3 Å². The van der Waals surface area contributed by atoms with Crippen molar-refractivity contribution in [2.45, 2.75) is 18.9 Å². The lowest BCUT2D eigenvalue weighted by Crippen LogP contribution is -2.42. The van der Waals surface area contributed by atoms with Crippen LogP contribution in [-0.4, -0.2) is 52.3 Å². The number of aryl methyl sites for hydroxylation is 2. The zero-order chi connectivity index (χ0) is 22.8. The zero-order valence-corrected chi connectivity index (χ0v) is 18.7. The summed E-state index contributed by atoms with van der Waals surface area (Å²) < 4.78 is 18.6. The molecule has 3 heterocycles. The SMILES string of the molecule is COc1ccc(-c2noc([C@@H]3CN(C(=O)CCc4cn(C)c5ccccc45)CCO3)n2)cc1. The molecule has 1 aliphatic heterocycles. The van der Waals surface area contributed by atoms with Gasteiger partial charge in [-0.2, -0.15) is 4.98 Å². The van der Waals surface area contributed by atoms with E-state index in [4.69, 9.17) is 14.0 Å². The van der Waals surface area contributed by atoms with E-state index in [9.17, 15) is 4.79 Å². The summed E-state index contributed by atoms with van der Waals surface area (Å²) in [4.78, 5) is 19.3. The first-order valence-electron chi connectivity index (χ1n) is 11.0. The number of ether oxygens (including phenoxy) is 2. The Hall–Kier alpha value is -3.65. The van der Waals surface area contributed by atoms with Crippen molar-refractivity contribution in [2.75, 3.05) is 26.8 Å². The third kappa shape index (κ3) is 4.34. The fourth-order valence-electron chi connectivity index (χ4n) is 4.27. The third-order valence-electron chi connectivity index (χ3n) is 6.07. The Labute approximate surface area is 191 Å².